The third-order valence-corrected chi connectivity index (χ3v) is 3.62. The maximum atomic E-state index is 11.3. The Hall–Kier alpha value is -1.39. The van der Waals surface area contributed by atoms with Crippen LogP contribution >= 0.6 is 0 Å². The number of carbonyl (C=O) groups excluding carboxylic acids is 1. The number of rotatable bonds is 6. The number of benzene rings is 1. The molecule has 1 saturated heterocycles. The zero-order valence-corrected chi connectivity index (χ0v) is 13.2. The highest BCUT2D eigenvalue weighted by Gasteiger charge is 2.21. The van der Waals surface area contributed by atoms with Gasteiger partial charge < -0.3 is 9.47 Å². The van der Waals surface area contributed by atoms with Crippen molar-refractivity contribution < 1.29 is 14.3 Å². The van der Waals surface area contributed by atoms with Crippen LogP contribution in [0.4, 0.5) is 0 Å². The van der Waals surface area contributed by atoms with Crippen LogP contribution in [0.2, 0.25) is 0 Å². The minimum atomic E-state index is 0.0664. The van der Waals surface area contributed by atoms with Crippen molar-refractivity contribution in [2.75, 3.05) is 26.2 Å². The van der Waals surface area contributed by atoms with Crippen LogP contribution in [0.25, 0.3) is 0 Å². The van der Waals surface area contributed by atoms with Crippen LogP contribution in [-0.2, 0) is 4.74 Å². The monoisotopic (exact) mass is 291 g/mol. The molecule has 4 heteroatoms. The highest BCUT2D eigenvalue weighted by atomic mass is 16.5. The van der Waals surface area contributed by atoms with Gasteiger partial charge in [-0.1, -0.05) is 12.1 Å². The fourth-order valence-electron chi connectivity index (χ4n) is 2.75. The molecule has 1 aliphatic heterocycles. The Morgan fingerprint density at radius 1 is 1.33 bits per heavy atom. The lowest BCUT2D eigenvalue weighted by atomic mass is 10.1. The number of hydrogen-bond acceptors (Lipinski definition) is 4. The normalized spacial score (nSPS) is 23.0. The molecule has 0 aliphatic carbocycles. The smallest absolute Gasteiger partial charge is 0.159 e. The molecular formula is C17H25NO3. The molecule has 0 amide bonds. The van der Waals surface area contributed by atoms with E-state index in [-0.39, 0.29) is 5.78 Å². The summed E-state index contributed by atoms with van der Waals surface area (Å²) in [6.45, 7) is 9.47. The molecule has 2 atom stereocenters. The van der Waals surface area contributed by atoms with E-state index in [2.05, 4.69) is 18.7 Å². The van der Waals surface area contributed by atoms with Crippen LogP contribution in [-0.4, -0.2) is 49.1 Å². The van der Waals surface area contributed by atoms with E-state index in [0.717, 1.165) is 31.8 Å². The fourth-order valence-corrected chi connectivity index (χ4v) is 2.75. The van der Waals surface area contributed by atoms with Crippen molar-refractivity contribution in [3.8, 4) is 5.75 Å². The lowest BCUT2D eigenvalue weighted by molar-refractivity contribution is -0.0686. The molecule has 0 saturated carbocycles. The molecule has 0 unspecified atom stereocenters. The fraction of sp³-hybridized carbons (Fsp3) is 0.588. The minimum Gasteiger partial charge on any atom is -0.494 e. The molecular weight excluding hydrogens is 266 g/mol. The molecule has 1 heterocycles. The standard InChI is InChI=1S/C17H25NO3/c1-13-11-18(12-14(2)21-13)8-5-9-20-17-7-4-6-16(10-17)15(3)19/h4,6-7,10,13-14H,5,8-9,11-12H2,1-3H3/t13-,14-/m1/s1. The van der Waals surface area contributed by atoms with Gasteiger partial charge in [0.25, 0.3) is 0 Å². The molecule has 21 heavy (non-hydrogen) atoms. The Labute approximate surface area is 127 Å². The minimum absolute atomic E-state index is 0.0664. The van der Waals surface area contributed by atoms with Crippen LogP contribution in [0, 0.1) is 0 Å². The summed E-state index contributed by atoms with van der Waals surface area (Å²) in [6.07, 6.45) is 1.59. The maximum absolute atomic E-state index is 11.3. The molecule has 0 N–H and O–H groups in total. The molecule has 4 nitrogen and oxygen atoms in total. The van der Waals surface area contributed by atoms with Crippen molar-refractivity contribution in [3.05, 3.63) is 29.8 Å². The average molecular weight is 291 g/mol. The quantitative estimate of drug-likeness (QED) is 0.597. The van der Waals surface area contributed by atoms with E-state index in [1.807, 2.05) is 18.2 Å². The third-order valence-electron chi connectivity index (χ3n) is 3.62. The molecule has 1 aromatic carbocycles. The maximum Gasteiger partial charge on any atom is 0.159 e. The number of ether oxygens (including phenoxy) is 2. The predicted molar refractivity (Wildman–Crippen MR) is 83.0 cm³/mol. The van der Waals surface area contributed by atoms with Gasteiger partial charge in [-0.25, -0.2) is 0 Å². The van der Waals surface area contributed by atoms with E-state index in [1.54, 1.807) is 13.0 Å². The van der Waals surface area contributed by atoms with Gasteiger partial charge in [-0.3, -0.25) is 9.69 Å². The van der Waals surface area contributed by atoms with Gasteiger partial charge >= 0.3 is 0 Å². The Morgan fingerprint density at radius 2 is 2.05 bits per heavy atom. The number of Topliss-reactive ketones (excluding diaryl/α,β-unsaturated/α-hetero) is 1. The largest absolute Gasteiger partial charge is 0.494 e. The predicted octanol–water partition coefficient (Wildman–Crippen LogP) is 2.77. The molecule has 116 valence electrons. The summed E-state index contributed by atoms with van der Waals surface area (Å²) < 4.78 is 11.5. The van der Waals surface area contributed by atoms with Gasteiger partial charge in [-0.2, -0.15) is 0 Å². The first-order valence-electron chi connectivity index (χ1n) is 7.66. The number of ketones is 1. The SMILES string of the molecule is CC(=O)c1cccc(OCCCN2C[C@@H](C)O[C@H](C)C2)c1. The highest BCUT2D eigenvalue weighted by Crippen LogP contribution is 2.15. The van der Waals surface area contributed by atoms with E-state index < -0.39 is 0 Å². The van der Waals surface area contributed by atoms with Crippen LogP contribution in [0.3, 0.4) is 0 Å². The van der Waals surface area contributed by atoms with Crippen molar-refractivity contribution in [1.82, 2.24) is 4.90 Å². The average Bonchev–Trinajstić information content (AvgIpc) is 2.43. The van der Waals surface area contributed by atoms with Crippen molar-refractivity contribution >= 4 is 5.78 Å². The highest BCUT2D eigenvalue weighted by molar-refractivity contribution is 5.94. The second-order valence-electron chi connectivity index (χ2n) is 5.80. The first-order chi connectivity index (χ1) is 10.0. The third kappa shape index (κ3) is 5.14. The van der Waals surface area contributed by atoms with Crippen molar-refractivity contribution in [1.29, 1.82) is 0 Å². The summed E-state index contributed by atoms with van der Waals surface area (Å²) >= 11 is 0. The van der Waals surface area contributed by atoms with Gasteiger partial charge in [-0.05, 0) is 39.3 Å². The molecule has 1 aromatic rings. The van der Waals surface area contributed by atoms with Gasteiger partial charge in [0.2, 0.25) is 0 Å². The first kappa shape index (κ1) is 16.0. The summed E-state index contributed by atoms with van der Waals surface area (Å²) in [4.78, 5) is 13.7. The Balaban J connectivity index is 1.72. The van der Waals surface area contributed by atoms with Gasteiger partial charge in [-0.15, -0.1) is 0 Å². The second-order valence-corrected chi connectivity index (χ2v) is 5.80. The van der Waals surface area contributed by atoms with Crippen molar-refractivity contribution in [2.24, 2.45) is 0 Å². The van der Waals surface area contributed by atoms with Gasteiger partial charge in [0, 0.05) is 25.2 Å². The molecule has 0 aromatic heterocycles. The molecule has 0 spiro atoms. The first-order valence-corrected chi connectivity index (χ1v) is 7.66. The Kier molecular flexibility index (Phi) is 5.76. The molecule has 1 aliphatic rings. The van der Waals surface area contributed by atoms with E-state index >= 15 is 0 Å². The van der Waals surface area contributed by atoms with E-state index in [9.17, 15) is 4.79 Å². The Bertz CT molecular complexity index is 465. The van der Waals surface area contributed by atoms with Crippen LogP contribution in [0.15, 0.2) is 24.3 Å². The summed E-state index contributed by atoms with van der Waals surface area (Å²) in [7, 11) is 0. The Morgan fingerprint density at radius 3 is 2.71 bits per heavy atom. The number of carbonyl (C=O) groups is 1. The zero-order valence-electron chi connectivity index (χ0n) is 13.2. The van der Waals surface area contributed by atoms with Gasteiger partial charge in [0.1, 0.15) is 5.75 Å². The second kappa shape index (κ2) is 7.57. The number of hydrogen-bond donors (Lipinski definition) is 0. The molecule has 0 bridgehead atoms. The van der Waals surface area contributed by atoms with E-state index in [0.29, 0.717) is 24.4 Å². The van der Waals surface area contributed by atoms with Crippen LogP contribution in [0.1, 0.15) is 37.6 Å². The van der Waals surface area contributed by atoms with Crippen molar-refractivity contribution in [3.63, 3.8) is 0 Å². The lowest BCUT2D eigenvalue weighted by Gasteiger charge is -2.35. The molecule has 1 fully saturated rings. The topological polar surface area (TPSA) is 38.8 Å². The summed E-state index contributed by atoms with van der Waals surface area (Å²) in [5.74, 6) is 0.836. The molecule has 2 rings (SSSR count). The lowest BCUT2D eigenvalue weighted by Crippen LogP contribution is -2.45. The summed E-state index contributed by atoms with van der Waals surface area (Å²) in [5, 5.41) is 0. The van der Waals surface area contributed by atoms with E-state index in [4.69, 9.17) is 9.47 Å². The summed E-state index contributed by atoms with van der Waals surface area (Å²) in [6, 6.07) is 7.37. The van der Waals surface area contributed by atoms with Crippen LogP contribution < -0.4 is 4.74 Å². The van der Waals surface area contributed by atoms with Crippen LogP contribution in [0.5, 0.6) is 5.75 Å². The summed E-state index contributed by atoms with van der Waals surface area (Å²) in [5.41, 5.74) is 0.698. The van der Waals surface area contributed by atoms with Gasteiger partial charge in [0.05, 0.1) is 18.8 Å². The van der Waals surface area contributed by atoms with Gasteiger partial charge in [0.15, 0.2) is 5.78 Å². The molecule has 0 radical (unpaired) electrons. The van der Waals surface area contributed by atoms with Crippen molar-refractivity contribution in [2.45, 2.75) is 39.4 Å². The van der Waals surface area contributed by atoms with E-state index in [1.165, 1.54) is 0 Å². The zero-order chi connectivity index (χ0) is 15.2. The number of nitrogens with zero attached hydrogens (tertiary/aromatic N) is 1. The number of morpholine rings is 1.